The van der Waals surface area contributed by atoms with Gasteiger partial charge in [-0.05, 0) is 151 Å². The van der Waals surface area contributed by atoms with E-state index in [2.05, 4.69) is 117 Å². The maximum atomic E-state index is 5.24. The number of thiophene rings is 1. The third kappa shape index (κ3) is 46.5. The van der Waals surface area contributed by atoms with Gasteiger partial charge in [-0.2, -0.15) is 11.3 Å². The Morgan fingerprint density at radius 2 is 1.20 bits per heavy atom. The zero-order chi connectivity index (χ0) is 52.0. The number of aromatic nitrogens is 3. The van der Waals surface area contributed by atoms with Crippen molar-refractivity contribution in [2.75, 3.05) is 75.0 Å². The molecule has 0 saturated carbocycles. The zero-order valence-electron chi connectivity index (χ0n) is 43.9. The standard InChI is InChI=1S/C6H7N.C5H10O2.C5H10OS.C5H6O.C5H10S2.C5H6S.C4H7NO2.2C4H5NS.C4H8O2.C4H8S2/c1-6-3-2-4-7-5-6;2*1-5-6-3-2-4-7-5;1-5-2-3-6-4-5;1-5-6-3-2-4-7-5;1-5-2-3-6-4-5;1-4-5-7-3-2-6-4;1-4-2-5-3-6-4;3*1-4-5-2-3-6-4/h2-5H,1H3;2*5H,2-4H2,1H3;2-4H,1H3;5H,2-4H2,1H3;2-4H,1H3;2-3H2,1H3;2*2-3H,1H3;2*4H,2-3H2,1H3. The summed E-state index contributed by atoms with van der Waals surface area (Å²) in [5.41, 5.74) is 6.03. The Balaban J connectivity index is 0.000000391. The predicted molar refractivity (Wildman–Crippen MR) is 313 cm³/mol. The first kappa shape index (κ1) is 67.2. The van der Waals surface area contributed by atoms with Gasteiger partial charge in [-0.15, -0.1) is 81.5 Å². The molecule has 5 aromatic heterocycles. The third-order valence-corrected chi connectivity index (χ3v) is 17.5. The summed E-state index contributed by atoms with van der Waals surface area (Å²) in [5, 5.41) is 10.8. The maximum absolute atomic E-state index is 5.24. The van der Waals surface area contributed by atoms with Gasteiger partial charge in [0, 0.05) is 69.2 Å². The van der Waals surface area contributed by atoms with Crippen LogP contribution in [0.4, 0.5) is 0 Å². The molecule has 0 radical (unpaired) electrons. The number of aryl methyl sites for hydroxylation is 5. The van der Waals surface area contributed by atoms with E-state index >= 15 is 0 Å². The van der Waals surface area contributed by atoms with Crippen LogP contribution in [0, 0.1) is 34.6 Å². The second-order valence-electron chi connectivity index (χ2n) is 15.2. The zero-order valence-corrected chi connectivity index (χ0v) is 50.4. The highest BCUT2D eigenvalue weighted by Gasteiger charge is 2.09. The summed E-state index contributed by atoms with van der Waals surface area (Å²) >= 11 is 15.3. The first-order valence-corrected chi connectivity index (χ1v) is 31.8. The number of nitrogens with zero attached hydrogens (tertiary/aromatic N) is 4. The molecule has 0 N–H and O–H groups in total. The number of hydrogen-bond donors (Lipinski definition) is 0. The van der Waals surface area contributed by atoms with Gasteiger partial charge in [-0.3, -0.25) is 15.0 Å². The van der Waals surface area contributed by atoms with Crippen molar-refractivity contribution in [2.24, 2.45) is 5.16 Å². The van der Waals surface area contributed by atoms with Crippen LogP contribution in [0.3, 0.4) is 0 Å². The van der Waals surface area contributed by atoms with Gasteiger partial charge in [0.05, 0.1) is 54.9 Å². The Bertz CT molecular complexity index is 1620. The van der Waals surface area contributed by atoms with Crippen molar-refractivity contribution in [2.45, 2.75) is 123 Å². The Morgan fingerprint density at radius 3 is 1.41 bits per heavy atom. The number of thiazole rings is 2. The van der Waals surface area contributed by atoms with Crippen molar-refractivity contribution >= 4 is 98.7 Å². The Kier molecular flexibility index (Phi) is 45.3. The molecule has 0 aliphatic carbocycles. The van der Waals surface area contributed by atoms with E-state index in [4.69, 9.17) is 32.8 Å². The average Bonchev–Trinajstić information content (AvgIpc) is 4.26. The molecule has 1 unspecified atom stereocenters. The highest BCUT2D eigenvalue weighted by atomic mass is 32.2. The molecule has 0 spiro atoms. The van der Waals surface area contributed by atoms with Gasteiger partial charge in [0.1, 0.15) is 6.61 Å². The molecule has 0 aromatic carbocycles. The normalized spacial score (nSPS) is 18.3. The molecule has 402 valence electrons. The van der Waals surface area contributed by atoms with Crippen molar-refractivity contribution in [3.63, 3.8) is 0 Å². The van der Waals surface area contributed by atoms with E-state index in [1.54, 1.807) is 65.9 Å². The maximum Gasteiger partial charge on any atom is 0.222 e. The van der Waals surface area contributed by atoms with Gasteiger partial charge >= 0.3 is 0 Å². The average molecular weight is 1140 g/mol. The molecule has 5 fully saturated rings. The fourth-order valence-corrected chi connectivity index (χ4v) is 12.0. The monoisotopic (exact) mass is 1130 g/mol. The SMILES string of the molecule is CC1=NOCCO1.CC1OCCCO1.CC1OCCCS1.CC1OCCO1.CC1SCCCS1.CC1SCCS1.Cc1cccnc1.Cc1ccoc1.Cc1ccsc1.Cc1cncs1.Cc1nccs1. The van der Waals surface area contributed by atoms with Crippen LogP contribution < -0.4 is 0 Å². The summed E-state index contributed by atoms with van der Waals surface area (Å²) in [6, 6.07) is 7.97. The van der Waals surface area contributed by atoms with Gasteiger partial charge in [-0.1, -0.05) is 11.2 Å². The number of oxime groups is 1. The molecule has 12 nitrogen and oxygen atoms in total. The van der Waals surface area contributed by atoms with Crippen LogP contribution in [0.25, 0.3) is 0 Å². The number of furan rings is 1. The van der Waals surface area contributed by atoms with Gasteiger partial charge in [0.15, 0.2) is 19.2 Å². The predicted octanol–water partition coefficient (Wildman–Crippen LogP) is 15.0. The van der Waals surface area contributed by atoms with E-state index in [-0.39, 0.29) is 12.6 Å². The number of thioether (sulfide) groups is 5. The minimum absolute atomic E-state index is 0.0359. The molecule has 6 aliphatic rings. The Labute approximate surface area is 460 Å². The quantitative estimate of drug-likeness (QED) is 0.146. The second kappa shape index (κ2) is 47.9. The van der Waals surface area contributed by atoms with Crippen LogP contribution in [0.2, 0.25) is 0 Å². The largest absolute Gasteiger partial charge is 0.475 e. The van der Waals surface area contributed by atoms with E-state index in [0.29, 0.717) is 24.5 Å². The Morgan fingerprint density at radius 1 is 0.549 bits per heavy atom. The summed E-state index contributed by atoms with van der Waals surface area (Å²) in [6.07, 6.45) is 14.4. The molecule has 71 heavy (non-hydrogen) atoms. The molecule has 5 aromatic rings. The van der Waals surface area contributed by atoms with Crippen molar-refractivity contribution in [1.29, 1.82) is 0 Å². The molecule has 0 bridgehead atoms. The van der Waals surface area contributed by atoms with Gasteiger partial charge < -0.3 is 37.7 Å². The lowest BCUT2D eigenvalue weighted by atomic mass is 10.3. The van der Waals surface area contributed by atoms with Crippen LogP contribution in [-0.2, 0) is 33.3 Å². The summed E-state index contributed by atoms with van der Waals surface area (Å²) in [5.74, 6) is 7.40. The number of pyridine rings is 1. The van der Waals surface area contributed by atoms with Crippen molar-refractivity contribution < 1.29 is 37.7 Å². The minimum atomic E-state index is 0.0359. The second-order valence-corrected chi connectivity index (χ2v) is 26.0. The van der Waals surface area contributed by atoms with Crippen LogP contribution in [-0.4, -0.2) is 123 Å². The number of ether oxygens (including phenoxy) is 6. The highest BCUT2D eigenvalue weighted by molar-refractivity contribution is 8.20. The molecule has 0 amide bonds. The Hall–Kier alpha value is -1.79. The first-order valence-electron chi connectivity index (χ1n) is 23.8. The fraction of sp³-hybridized carbons (Fsp3) is 0.608. The van der Waals surface area contributed by atoms with Crippen LogP contribution in [0.1, 0.15) is 87.4 Å². The van der Waals surface area contributed by atoms with E-state index in [1.807, 2.05) is 94.8 Å². The third-order valence-electron chi connectivity index (χ3n) is 8.48. The van der Waals surface area contributed by atoms with E-state index < -0.39 is 0 Å². The van der Waals surface area contributed by atoms with Crippen molar-refractivity contribution in [1.82, 2.24) is 15.0 Å². The van der Waals surface area contributed by atoms with E-state index in [9.17, 15) is 0 Å². The van der Waals surface area contributed by atoms with Gasteiger partial charge in [0.25, 0.3) is 0 Å². The highest BCUT2D eigenvalue weighted by Crippen LogP contribution is 2.30. The topological polar surface area (TPSA) is 129 Å². The molecular formula is C51H82N4O8S8. The first-order chi connectivity index (χ1) is 34.3. The van der Waals surface area contributed by atoms with Gasteiger partial charge in [-0.25, -0.2) is 0 Å². The summed E-state index contributed by atoms with van der Waals surface area (Å²) in [6.45, 7) is 27.8. The van der Waals surface area contributed by atoms with Crippen molar-refractivity contribution in [3.8, 4) is 0 Å². The van der Waals surface area contributed by atoms with Crippen LogP contribution in [0.15, 0.2) is 92.8 Å². The molecule has 5 saturated heterocycles. The number of hydrogen-bond acceptors (Lipinski definition) is 20. The molecule has 20 heteroatoms. The van der Waals surface area contributed by atoms with Crippen LogP contribution >= 0.6 is 92.8 Å². The summed E-state index contributed by atoms with van der Waals surface area (Å²) < 4.78 is 36.6. The summed E-state index contributed by atoms with van der Waals surface area (Å²) in [4.78, 5) is 17.6. The molecule has 11 heterocycles. The lowest BCUT2D eigenvalue weighted by Crippen LogP contribution is -2.21. The van der Waals surface area contributed by atoms with E-state index in [0.717, 1.165) is 53.6 Å². The minimum Gasteiger partial charge on any atom is -0.475 e. The van der Waals surface area contributed by atoms with Gasteiger partial charge in [0.2, 0.25) is 5.90 Å². The lowest BCUT2D eigenvalue weighted by molar-refractivity contribution is -0.167. The molecule has 11 rings (SSSR count). The smallest absolute Gasteiger partial charge is 0.222 e. The van der Waals surface area contributed by atoms with Crippen molar-refractivity contribution in [3.05, 3.63) is 110 Å². The lowest BCUT2D eigenvalue weighted by Gasteiger charge is -2.18. The fourth-order valence-electron chi connectivity index (χ4n) is 4.85. The van der Waals surface area contributed by atoms with Crippen LogP contribution in [0.5, 0.6) is 0 Å². The number of rotatable bonds is 0. The molecular weight excluding hydrogens is 1050 g/mol. The van der Waals surface area contributed by atoms with E-state index in [1.165, 1.54) is 63.2 Å². The molecule has 6 aliphatic heterocycles. The summed E-state index contributed by atoms with van der Waals surface area (Å²) in [7, 11) is 0. The molecule has 1 atom stereocenters.